The molecule has 2 N–H and O–H groups in total. The lowest BCUT2D eigenvalue weighted by Gasteiger charge is -2.42. The van der Waals surface area contributed by atoms with Crippen LogP contribution >= 0.6 is 0 Å². The molecule has 0 bridgehead atoms. The molecule has 0 aliphatic rings. The lowest BCUT2D eigenvalue weighted by molar-refractivity contribution is 0.0594. The van der Waals surface area contributed by atoms with E-state index >= 15 is 0 Å². The van der Waals surface area contributed by atoms with Gasteiger partial charge in [-0.3, -0.25) is 0 Å². The minimum absolute atomic E-state index is 0.123. The zero-order valence-electron chi connectivity index (χ0n) is 15.3. The predicted molar refractivity (Wildman–Crippen MR) is 91.8 cm³/mol. The van der Waals surface area contributed by atoms with Gasteiger partial charge in [0, 0.05) is 0 Å². The number of esters is 1. The Hall–Kier alpha value is -1.18. The molecule has 1 aromatic rings. The highest BCUT2D eigenvalue weighted by Crippen LogP contribution is 2.42. The van der Waals surface area contributed by atoms with Crippen molar-refractivity contribution in [1.29, 1.82) is 0 Å². The minimum atomic E-state index is -1.99. The third kappa shape index (κ3) is 4.22. The van der Waals surface area contributed by atoms with E-state index in [1.165, 1.54) is 13.4 Å². The van der Waals surface area contributed by atoms with E-state index in [9.17, 15) is 4.79 Å². The Morgan fingerprint density at radius 2 is 1.74 bits per heavy atom. The van der Waals surface area contributed by atoms with E-state index in [-0.39, 0.29) is 5.69 Å². The van der Waals surface area contributed by atoms with Gasteiger partial charge in [-0.05, 0) is 16.6 Å². The highest BCUT2D eigenvalue weighted by molar-refractivity contribution is 6.77. The Bertz CT molecular complexity index is 492. The van der Waals surface area contributed by atoms with Gasteiger partial charge in [0.1, 0.15) is 12.3 Å². The SMILES string of the molecule is COC(=O)c1coc(C(N)CO[Si](C(C)C)(C(C)C)C(C)C)n1. The lowest BCUT2D eigenvalue weighted by atomic mass is 10.3. The number of aromatic nitrogens is 1. The molecule has 0 spiro atoms. The Balaban J connectivity index is 2.85. The number of nitrogens with zero attached hydrogens (tertiary/aromatic N) is 1. The fourth-order valence-corrected chi connectivity index (χ4v) is 8.93. The molecule has 0 saturated carbocycles. The molecule has 1 heterocycles. The third-order valence-electron chi connectivity index (χ3n) is 4.45. The summed E-state index contributed by atoms with van der Waals surface area (Å²) in [5.74, 6) is -0.243. The molecule has 1 aromatic heterocycles. The zero-order chi connectivity index (χ0) is 17.8. The second kappa shape index (κ2) is 8.08. The number of oxazole rings is 1. The van der Waals surface area contributed by atoms with Crippen LogP contribution in [0.25, 0.3) is 0 Å². The summed E-state index contributed by atoms with van der Waals surface area (Å²) in [6.45, 7) is 13.7. The van der Waals surface area contributed by atoms with Crippen LogP contribution in [0.1, 0.15) is 64.0 Å². The number of ether oxygens (including phenoxy) is 1. The monoisotopic (exact) mass is 342 g/mol. The van der Waals surface area contributed by atoms with Crippen LogP contribution in [0, 0.1) is 0 Å². The first-order valence-corrected chi connectivity index (χ1v) is 10.2. The maximum absolute atomic E-state index is 11.4. The highest BCUT2D eigenvalue weighted by atomic mass is 28.4. The first-order chi connectivity index (χ1) is 10.7. The second-order valence-corrected chi connectivity index (χ2v) is 12.3. The van der Waals surface area contributed by atoms with E-state index in [0.29, 0.717) is 29.1 Å². The Labute approximate surface area is 139 Å². The Kier molecular flexibility index (Phi) is 6.97. The molecule has 0 radical (unpaired) electrons. The summed E-state index contributed by atoms with van der Waals surface area (Å²) in [5, 5.41) is 0. The van der Waals surface area contributed by atoms with Crippen LogP contribution in [0.5, 0.6) is 0 Å². The molecule has 0 saturated heterocycles. The summed E-state index contributed by atoms with van der Waals surface area (Å²) >= 11 is 0. The van der Waals surface area contributed by atoms with Crippen LogP contribution < -0.4 is 5.73 Å². The third-order valence-corrected chi connectivity index (χ3v) is 10.5. The van der Waals surface area contributed by atoms with Gasteiger partial charge in [-0.1, -0.05) is 41.5 Å². The number of nitrogens with two attached hydrogens (primary N) is 1. The number of methoxy groups -OCH3 is 1. The molecule has 132 valence electrons. The molecule has 0 aromatic carbocycles. The molecule has 0 amide bonds. The molecule has 0 aliphatic heterocycles. The maximum Gasteiger partial charge on any atom is 0.360 e. The van der Waals surface area contributed by atoms with Gasteiger partial charge in [0.2, 0.25) is 5.89 Å². The average molecular weight is 343 g/mol. The van der Waals surface area contributed by atoms with Crippen molar-refractivity contribution in [2.24, 2.45) is 5.73 Å². The average Bonchev–Trinajstić information content (AvgIpc) is 2.95. The number of hydrogen-bond acceptors (Lipinski definition) is 6. The molecular formula is C16H30N2O4Si. The van der Waals surface area contributed by atoms with Crippen LogP contribution in [0.3, 0.4) is 0 Å². The highest BCUT2D eigenvalue weighted by Gasteiger charge is 2.45. The van der Waals surface area contributed by atoms with Gasteiger partial charge in [0.05, 0.1) is 13.7 Å². The second-order valence-electron chi connectivity index (χ2n) is 6.80. The van der Waals surface area contributed by atoms with Crippen molar-refractivity contribution in [3.05, 3.63) is 17.8 Å². The van der Waals surface area contributed by atoms with Gasteiger partial charge in [-0.15, -0.1) is 0 Å². The van der Waals surface area contributed by atoms with E-state index in [2.05, 4.69) is 51.3 Å². The van der Waals surface area contributed by atoms with Crippen molar-refractivity contribution in [2.75, 3.05) is 13.7 Å². The smallest absolute Gasteiger partial charge is 0.360 e. The summed E-state index contributed by atoms with van der Waals surface area (Å²) in [6.07, 6.45) is 1.26. The van der Waals surface area contributed by atoms with Crippen LogP contribution in [-0.2, 0) is 9.16 Å². The molecule has 1 unspecified atom stereocenters. The summed E-state index contributed by atoms with van der Waals surface area (Å²) in [6, 6.07) is -0.503. The number of carbonyl (C=O) groups excluding carboxylic acids is 1. The molecule has 0 aliphatic carbocycles. The van der Waals surface area contributed by atoms with Crippen molar-refractivity contribution in [3.63, 3.8) is 0 Å². The van der Waals surface area contributed by atoms with Gasteiger partial charge in [-0.25, -0.2) is 9.78 Å². The van der Waals surface area contributed by atoms with Crippen molar-refractivity contribution in [2.45, 2.75) is 64.2 Å². The minimum Gasteiger partial charge on any atom is -0.464 e. The fourth-order valence-electron chi connectivity index (χ4n) is 3.46. The predicted octanol–water partition coefficient (Wildman–Crippen LogP) is 3.65. The zero-order valence-corrected chi connectivity index (χ0v) is 16.3. The summed E-state index contributed by atoms with van der Waals surface area (Å²) in [4.78, 5) is 15.5. The quantitative estimate of drug-likeness (QED) is 0.573. The summed E-state index contributed by atoms with van der Waals surface area (Å²) in [5.41, 5.74) is 7.70. The molecule has 23 heavy (non-hydrogen) atoms. The topological polar surface area (TPSA) is 87.6 Å². The van der Waals surface area contributed by atoms with E-state index in [1.807, 2.05) is 0 Å². The van der Waals surface area contributed by atoms with Crippen molar-refractivity contribution < 1.29 is 18.4 Å². The number of rotatable bonds is 8. The lowest BCUT2D eigenvalue weighted by Crippen LogP contribution is -2.49. The van der Waals surface area contributed by atoms with Gasteiger partial charge in [-0.2, -0.15) is 0 Å². The number of hydrogen-bond donors (Lipinski definition) is 1. The van der Waals surface area contributed by atoms with Gasteiger partial charge in [0.15, 0.2) is 14.0 Å². The summed E-state index contributed by atoms with van der Waals surface area (Å²) < 4.78 is 16.3. The Morgan fingerprint density at radius 3 is 2.17 bits per heavy atom. The maximum atomic E-state index is 11.4. The van der Waals surface area contributed by atoms with Crippen LogP contribution in [0.2, 0.25) is 16.6 Å². The van der Waals surface area contributed by atoms with Gasteiger partial charge in [0.25, 0.3) is 0 Å². The summed E-state index contributed by atoms with van der Waals surface area (Å²) in [7, 11) is -0.687. The molecule has 6 nitrogen and oxygen atoms in total. The Morgan fingerprint density at radius 1 is 1.22 bits per heavy atom. The standard InChI is InChI=1S/C16H30N2O4Si/c1-10(2)23(11(3)4,12(5)6)22-8-13(17)15-18-14(9-21-15)16(19)20-7/h9-13H,8,17H2,1-7H3. The fraction of sp³-hybridized carbons (Fsp3) is 0.750. The first-order valence-electron chi connectivity index (χ1n) is 8.10. The van der Waals surface area contributed by atoms with E-state index in [4.69, 9.17) is 14.6 Å². The normalized spacial score (nSPS) is 13.9. The van der Waals surface area contributed by atoms with Crippen LogP contribution in [0.15, 0.2) is 10.7 Å². The molecule has 1 atom stereocenters. The van der Waals surface area contributed by atoms with Crippen molar-refractivity contribution in [1.82, 2.24) is 4.98 Å². The van der Waals surface area contributed by atoms with Crippen molar-refractivity contribution >= 4 is 14.3 Å². The largest absolute Gasteiger partial charge is 0.464 e. The van der Waals surface area contributed by atoms with Crippen LogP contribution in [-0.4, -0.2) is 33.0 Å². The van der Waals surface area contributed by atoms with Crippen molar-refractivity contribution in [3.8, 4) is 0 Å². The van der Waals surface area contributed by atoms with Crippen LogP contribution in [0.4, 0.5) is 0 Å². The molecule has 1 rings (SSSR count). The van der Waals surface area contributed by atoms with E-state index < -0.39 is 20.3 Å². The first kappa shape index (κ1) is 19.9. The molecule has 7 heteroatoms. The van der Waals surface area contributed by atoms with E-state index in [0.717, 1.165) is 0 Å². The van der Waals surface area contributed by atoms with Gasteiger partial charge >= 0.3 is 5.97 Å². The van der Waals surface area contributed by atoms with Gasteiger partial charge < -0.3 is 19.3 Å². The molecular weight excluding hydrogens is 312 g/mol. The molecule has 0 fully saturated rings. The number of carbonyl (C=O) groups is 1. The van der Waals surface area contributed by atoms with E-state index in [1.54, 1.807) is 0 Å².